The molecule has 0 unspecified atom stereocenters. The summed E-state index contributed by atoms with van der Waals surface area (Å²) in [6, 6.07) is 3.40. The monoisotopic (exact) mass is 264 g/mol. The molecule has 19 heavy (non-hydrogen) atoms. The van der Waals surface area contributed by atoms with Crippen LogP contribution in [0.1, 0.15) is 12.8 Å². The number of nitrogens with two attached hydrogens (primary N) is 1. The maximum Gasteiger partial charge on any atom is 0.262 e. The van der Waals surface area contributed by atoms with Gasteiger partial charge in [-0.15, -0.1) is 0 Å². The van der Waals surface area contributed by atoms with Crippen molar-refractivity contribution in [2.75, 3.05) is 30.9 Å². The van der Waals surface area contributed by atoms with Gasteiger partial charge in [0.1, 0.15) is 17.6 Å². The fraction of sp³-hybridized carbons (Fsp3) is 0.462. The van der Waals surface area contributed by atoms with Gasteiger partial charge in [-0.2, -0.15) is 0 Å². The van der Waals surface area contributed by atoms with Crippen LogP contribution >= 0.6 is 0 Å². The summed E-state index contributed by atoms with van der Waals surface area (Å²) in [6.07, 6.45) is 1.80. The molecule has 1 saturated heterocycles. The Bertz CT molecular complexity index is 498. The maximum absolute atomic E-state index is 11.3. The number of fused-ring (bicyclic) bond motifs is 1. The number of benzene rings is 1. The SMILES string of the molecule is Nc1cc2c(cc1OC1CCOCC1)NC(=O)CO2. The van der Waals surface area contributed by atoms with E-state index in [9.17, 15) is 4.79 Å². The van der Waals surface area contributed by atoms with Gasteiger partial charge in [-0.05, 0) is 0 Å². The Labute approximate surface area is 110 Å². The van der Waals surface area contributed by atoms with Gasteiger partial charge in [0, 0.05) is 25.0 Å². The van der Waals surface area contributed by atoms with E-state index in [0.717, 1.165) is 12.8 Å². The zero-order chi connectivity index (χ0) is 13.2. The van der Waals surface area contributed by atoms with E-state index >= 15 is 0 Å². The van der Waals surface area contributed by atoms with Gasteiger partial charge in [-0.3, -0.25) is 4.79 Å². The van der Waals surface area contributed by atoms with Crippen LogP contribution in [0, 0.1) is 0 Å². The number of carbonyl (C=O) groups excluding carboxylic acids is 1. The van der Waals surface area contributed by atoms with Crippen molar-refractivity contribution in [1.82, 2.24) is 0 Å². The van der Waals surface area contributed by atoms with Crippen molar-refractivity contribution in [3.63, 3.8) is 0 Å². The van der Waals surface area contributed by atoms with Gasteiger partial charge in [-0.1, -0.05) is 0 Å². The van der Waals surface area contributed by atoms with Crippen LogP contribution in [0.4, 0.5) is 11.4 Å². The number of amides is 1. The number of rotatable bonds is 2. The zero-order valence-corrected chi connectivity index (χ0v) is 10.5. The summed E-state index contributed by atoms with van der Waals surface area (Å²) in [7, 11) is 0. The third kappa shape index (κ3) is 2.58. The second kappa shape index (κ2) is 4.97. The van der Waals surface area contributed by atoms with E-state index in [4.69, 9.17) is 19.9 Å². The highest BCUT2D eigenvalue weighted by atomic mass is 16.5. The lowest BCUT2D eigenvalue weighted by Crippen LogP contribution is -2.27. The van der Waals surface area contributed by atoms with E-state index in [0.29, 0.717) is 36.1 Å². The summed E-state index contributed by atoms with van der Waals surface area (Å²) in [5.74, 6) is 0.988. The van der Waals surface area contributed by atoms with Crippen LogP contribution in [0.15, 0.2) is 12.1 Å². The molecular weight excluding hydrogens is 248 g/mol. The predicted octanol–water partition coefficient (Wildman–Crippen LogP) is 1.16. The minimum absolute atomic E-state index is 0.0204. The maximum atomic E-state index is 11.3. The van der Waals surface area contributed by atoms with Crippen LogP contribution < -0.4 is 20.5 Å². The summed E-state index contributed by atoms with van der Waals surface area (Å²) in [6.45, 7) is 1.43. The smallest absolute Gasteiger partial charge is 0.262 e. The molecule has 0 atom stereocenters. The van der Waals surface area contributed by atoms with Crippen molar-refractivity contribution in [2.45, 2.75) is 18.9 Å². The van der Waals surface area contributed by atoms with Crippen molar-refractivity contribution in [2.24, 2.45) is 0 Å². The Balaban J connectivity index is 1.80. The largest absolute Gasteiger partial charge is 0.488 e. The quantitative estimate of drug-likeness (QED) is 0.783. The molecule has 0 aromatic heterocycles. The first-order chi connectivity index (χ1) is 9.22. The van der Waals surface area contributed by atoms with Crippen LogP contribution in [0.2, 0.25) is 0 Å². The average Bonchev–Trinajstić information content (AvgIpc) is 2.41. The highest BCUT2D eigenvalue weighted by molar-refractivity contribution is 5.96. The number of carbonyl (C=O) groups is 1. The molecule has 2 aliphatic rings. The molecule has 102 valence electrons. The van der Waals surface area contributed by atoms with Crippen molar-refractivity contribution in [3.8, 4) is 11.5 Å². The van der Waals surface area contributed by atoms with Crippen LogP contribution in [0.5, 0.6) is 11.5 Å². The van der Waals surface area contributed by atoms with Crippen molar-refractivity contribution in [1.29, 1.82) is 0 Å². The van der Waals surface area contributed by atoms with Crippen LogP contribution in [-0.2, 0) is 9.53 Å². The fourth-order valence-corrected chi connectivity index (χ4v) is 2.20. The summed E-state index contributed by atoms with van der Waals surface area (Å²) in [5, 5.41) is 2.74. The normalized spacial score (nSPS) is 19.3. The lowest BCUT2D eigenvalue weighted by Gasteiger charge is -2.25. The Morgan fingerprint density at radius 2 is 2.11 bits per heavy atom. The van der Waals surface area contributed by atoms with E-state index < -0.39 is 0 Å². The van der Waals surface area contributed by atoms with Crippen molar-refractivity contribution >= 4 is 17.3 Å². The van der Waals surface area contributed by atoms with Crippen molar-refractivity contribution < 1.29 is 19.0 Å². The minimum Gasteiger partial charge on any atom is -0.488 e. The van der Waals surface area contributed by atoms with E-state index in [2.05, 4.69) is 5.32 Å². The standard InChI is InChI=1S/C13H16N2O4/c14-9-5-12-10(15-13(16)7-18-12)6-11(9)19-8-1-3-17-4-2-8/h5-6,8H,1-4,7,14H2,(H,15,16). The van der Waals surface area contributed by atoms with Gasteiger partial charge in [-0.25, -0.2) is 0 Å². The summed E-state index contributed by atoms with van der Waals surface area (Å²) in [4.78, 5) is 11.3. The molecule has 1 amide bonds. The second-order valence-corrected chi connectivity index (χ2v) is 4.65. The van der Waals surface area contributed by atoms with E-state index in [1.807, 2.05) is 0 Å². The average molecular weight is 264 g/mol. The minimum atomic E-state index is -0.172. The number of nitrogen functional groups attached to an aromatic ring is 1. The first-order valence-corrected chi connectivity index (χ1v) is 6.33. The van der Waals surface area contributed by atoms with E-state index in [1.54, 1.807) is 12.1 Å². The molecule has 0 radical (unpaired) electrons. The number of hydrogen-bond acceptors (Lipinski definition) is 5. The van der Waals surface area contributed by atoms with E-state index in [-0.39, 0.29) is 18.6 Å². The number of anilines is 2. The molecule has 0 saturated carbocycles. The summed E-state index contributed by atoms with van der Waals surface area (Å²) >= 11 is 0. The third-order valence-electron chi connectivity index (χ3n) is 3.21. The van der Waals surface area contributed by atoms with Crippen LogP contribution in [-0.4, -0.2) is 31.8 Å². The molecule has 1 aromatic carbocycles. The van der Waals surface area contributed by atoms with Gasteiger partial charge in [0.15, 0.2) is 6.61 Å². The zero-order valence-electron chi connectivity index (χ0n) is 10.5. The molecule has 1 aromatic rings. The molecular formula is C13H16N2O4. The second-order valence-electron chi connectivity index (χ2n) is 4.65. The predicted molar refractivity (Wildman–Crippen MR) is 69.4 cm³/mol. The van der Waals surface area contributed by atoms with Crippen LogP contribution in [0.3, 0.4) is 0 Å². The van der Waals surface area contributed by atoms with Crippen LogP contribution in [0.25, 0.3) is 0 Å². The highest BCUT2D eigenvalue weighted by Crippen LogP contribution is 2.37. The molecule has 0 spiro atoms. The molecule has 0 bridgehead atoms. The van der Waals surface area contributed by atoms with Gasteiger partial charge in [0.2, 0.25) is 0 Å². The van der Waals surface area contributed by atoms with E-state index in [1.165, 1.54) is 0 Å². The molecule has 2 heterocycles. The Hall–Kier alpha value is -1.95. The molecule has 6 heteroatoms. The Kier molecular flexibility index (Phi) is 3.16. The summed E-state index contributed by atoms with van der Waals surface area (Å²) < 4.78 is 16.5. The third-order valence-corrected chi connectivity index (χ3v) is 3.21. The molecule has 0 aliphatic carbocycles. The lowest BCUT2D eigenvalue weighted by molar-refractivity contribution is -0.118. The topological polar surface area (TPSA) is 82.8 Å². The van der Waals surface area contributed by atoms with Gasteiger partial charge < -0.3 is 25.3 Å². The molecule has 3 rings (SSSR count). The van der Waals surface area contributed by atoms with Gasteiger partial charge in [0.05, 0.1) is 24.6 Å². The highest BCUT2D eigenvalue weighted by Gasteiger charge is 2.21. The molecule has 1 fully saturated rings. The number of nitrogens with one attached hydrogen (secondary N) is 1. The fourth-order valence-electron chi connectivity index (χ4n) is 2.20. The number of hydrogen-bond donors (Lipinski definition) is 2. The first kappa shape index (κ1) is 12.1. The van der Waals surface area contributed by atoms with Crippen molar-refractivity contribution in [3.05, 3.63) is 12.1 Å². The molecule has 2 aliphatic heterocycles. The summed E-state index contributed by atoms with van der Waals surface area (Å²) in [5.41, 5.74) is 7.07. The molecule has 3 N–H and O–H groups in total. The molecule has 6 nitrogen and oxygen atoms in total. The Morgan fingerprint density at radius 3 is 2.89 bits per heavy atom. The first-order valence-electron chi connectivity index (χ1n) is 6.33. The van der Waals surface area contributed by atoms with Gasteiger partial charge >= 0.3 is 0 Å². The number of ether oxygens (including phenoxy) is 3. The Morgan fingerprint density at radius 1 is 1.32 bits per heavy atom. The lowest BCUT2D eigenvalue weighted by atomic mass is 10.1. The van der Waals surface area contributed by atoms with Gasteiger partial charge in [0.25, 0.3) is 5.91 Å².